The zero-order valence-electron chi connectivity index (χ0n) is 16.5. The Morgan fingerprint density at radius 2 is 1.53 bits per heavy atom. The predicted molar refractivity (Wildman–Crippen MR) is 113 cm³/mol. The molecule has 8 heteroatoms. The Hall–Kier alpha value is -3.84. The molecule has 0 saturated heterocycles. The smallest absolute Gasteiger partial charge is 0.340 e. The summed E-state index contributed by atoms with van der Waals surface area (Å²) in [6.45, 7) is -0.699. The largest absolute Gasteiger partial charge is 0.452 e. The molecular weight excluding hydrogens is 437 g/mol. The van der Waals surface area contributed by atoms with Crippen LogP contribution in [-0.2, 0) is 16.1 Å². The molecule has 32 heavy (non-hydrogen) atoms. The maximum Gasteiger partial charge on any atom is 0.340 e. The second-order valence-electron chi connectivity index (χ2n) is 7.00. The van der Waals surface area contributed by atoms with Gasteiger partial charge in [0.15, 0.2) is 18.2 Å². The molecular formula is C24H15ClFNO5. The van der Waals surface area contributed by atoms with E-state index in [0.717, 1.165) is 0 Å². The standard InChI is InChI=1S/C24H15ClFNO5/c25-21-17(24(31)32-12-19(28)27-11-13-5-1-4-8-18(13)26)10-9-16-20(21)23(30)15-7-3-2-6-14(15)22(16)29/h1-10H,11-12H2,(H,27,28). The summed E-state index contributed by atoms with van der Waals surface area (Å²) in [5, 5.41) is 2.23. The molecule has 1 aliphatic carbocycles. The highest BCUT2D eigenvalue weighted by Crippen LogP contribution is 2.34. The normalized spacial score (nSPS) is 12.1. The molecule has 0 atom stereocenters. The minimum atomic E-state index is -0.932. The Bertz CT molecular complexity index is 1290. The number of nitrogens with one attached hydrogen (secondary N) is 1. The predicted octanol–water partition coefficient (Wildman–Crippen LogP) is 3.73. The summed E-state index contributed by atoms with van der Waals surface area (Å²) in [5.74, 6) is -2.89. The minimum absolute atomic E-state index is 0.0708. The number of esters is 1. The molecule has 0 saturated carbocycles. The summed E-state index contributed by atoms with van der Waals surface area (Å²) in [6.07, 6.45) is 0. The first kappa shape index (κ1) is 21.4. The number of halogens is 2. The van der Waals surface area contributed by atoms with E-state index in [0.29, 0.717) is 0 Å². The van der Waals surface area contributed by atoms with Gasteiger partial charge in [-0.2, -0.15) is 0 Å². The minimum Gasteiger partial charge on any atom is -0.452 e. The lowest BCUT2D eigenvalue weighted by atomic mass is 9.83. The van der Waals surface area contributed by atoms with Crippen LogP contribution < -0.4 is 5.32 Å². The second-order valence-corrected chi connectivity index (χ2v) is 7.38. The second kappa shape index (κ2) is 8.72. The van der Waals surface area contributed by atoms with Crippen molar-refractivity contribution < 1.29 is 28.3 Å². The number of hydrogen-bond donors (Lipinski definition) is 1. The van der Waals surface area contributed by atoms with Crippen molar-refractivity contribution in [3.63, 3.8) is 0 Å². The highest BCUT2D eigenvalue weighted by atomic mass is 35.5. The fraction of sp³-hybridized carbons (Fsp3) is 0.0833. The maximum absolute atomic E-state index is 13.6. The highest BCUT2D eigenvalue weighted by Gasteiger charge is 2.33. The summed E-state index contributed by atoms with van der Waals surface area (Å²) < 4.78 is 18.6. The number of amides is 1. The fourth-order valence-electron chi connectivity index (χ4n) is 3.40. The van der Waals surface area contributed by atoms with E-state index in [2.05, 4.69) is 5.32 Å². The lowest BCUT2D eigenvalue weighted by molar-refractivity contribution is -0.124. The molecule has 0 unspecified atom stereocenters. The van der Waals surface area contributed by atoms with Gasteiger partial charge in [-0.15, -0.1) is 0 Å². The Labute approximate surface area is 187 Å². The number of fused-ring (bicyclic) bond motifs is 2. The fourth-order valence-corrected chi connectivity index (χ4v) is 3.73. The van der Waals surface area contributed by atoms with E-state index >= 15 is 0 Å². The molecule has 1 N–H and O–H groups in total. The molecule has 4 rings (SSSR count). The van der Waals surface area contributed by atoms with Crippen molar-refractivity contribution in [2.24, 2.45) is 0 Å². The average Bonchev–Trinajstić information content (AvgIpc) is 2.80. The first-order chi connectivity index (χ1) is 15.4. The maximum atomic E-state index is 13.6. The topological polar surface area (TPSA) is 89.5 Å². The van der Waals surface area contributed by atoms with E-state index in [9.17, 15) is 23.6 Å². The first-order valence-electron chi connectivity index (χ1n) is 9.56. The number of ketones is 2. The van der Waals surface area contributed by atoms with Crippen LogP contribution in [0.2, 0.25) is 5.02 Å². The number of benzene rings is 3. The number of carbonyl (C=O) groups is 4. The van der Waals surface area contributed by atoms with Crippen LogP contribution >= 0.6 is 11.6 Å². The monoisotopic (exact) mass is 451 g/mol. The van der Waals surface area contributed by atoms with Crippen molar-refractivity contribution in [2.45, 2.75) is 6.54 Å². The molecule has 3 aromatic rings. The van der Waals surface area contributed by atoms with Crippen LogP contribution in [0.5, 0.6) is 0 Å². The van der Waals surface area contributed by atoms with Gasteiger partial charge in [0.25, 0.3) is 5.91 Å². The van der Waals surface area contributed by atoms with Crippen molar-refractivity contribution in [1.29, 1.82) is 0 Å². The van der Waals surface area contributed by atoms with Crippen molar-refractivity contribution >= 4 is 35.0 Å². The van der Waals surface area contributed by atoms with Gasteiger partial charge in [0.05, 0.1) is 16.1 Å². The van der Waals surface area contributed by atoms with Crippen LogP contribution in [0.3, 0.4) is 0 Å². The van der Waals surface area contributed by atoms with Gasteiger partial charge in [0.2, 0.25) is 0 Å². The van der Waals surface area contributed by atoms with Gasteiger partial charge >= 0.3 is 5.97 Å². The van der Waals surface area contributed by atoms with Crippen LogP contribution in [0.4, 0.5) is 4.39 Å². The third kappa shape index (κ3) is 3.90. The van der Waals surface area contributed by atoms with Gasteiger partial charge < -0.3 is 10.1 Å². The molecule has 0 bridgehead atoms. The van der Waals surface area contributed by atoms with E-state index in [1.165, 1.54) is 36.4 Å². The van der Waals surface area contributed by atoms with Crippen molar-refractivity contribution in [3.05, 3.63) is 105 Å². The Kier molecular flexibility index (Phi) is 5.83. The van der Waals surface area contributed by atoms with E-state index < -0.39 is 30.1 Å². The molecule has 0 aliphatic heterocycles. The summed E-state index contributed by atoms with van der Waals surface area (Å²) in [5.41, 5.74) is 0.626. The Morgan fingerprint density at radius 1 is 0.875 bits per heavy atom. The zero-order valence-corrected chi connectivity index (χ0v) is 17.2. The molecule has 1 amide bonds. The van der Waals surface area contributed by atoms with Crippen molar-refractivity contribution in [1.82, 2.24) is 5.32 Å². The molecule has 0 radical (unpaired) electrons. The summed E-state index contributed by atoms with van der Waals surface area (Å²) in [4.78, 5) is 50.0. The number of hydrogen-bond acceptors (Lipinski definition) is 5. The molecule has 3 aromatic carbocycles. The summed E-state index contributed by atoms with van der Waals surface area (Å²) in [6, 6.07) is 14.9. The van der Waals surface area contributed by atoms with Gasteiger partial charge in [-0.1, -0.05) is 54.1 Å². The van der Waals surface area contributed by atoms with E-state index in [1.54, 1.807) is 24.3 Å². The van der Waals surface area contributed by atoms with Crippen LogP contribution in [0.1, 0.15) is 47.8 Å². The summed E-state index contributed by atoms with van der Waals surface area (Å²) >= 11 is 6.31. The molecule has 0 aromatic heterocycles. The van der Waals surface area contributed by atoms with Crippen LogP contribution in [0.25, 0.3) is 0 Å². The van der Waals surface area contributed by atoms with Crippen LogP contribution in [0.15, 0.2) is 60.7 Å². The number of ether oxygens (including phenoxy) is 1. The SMILES string of the molecule is O=C(COC(=O)c1ccc2c(c1Cl)C(=O)c1ccccc1C2=O)NCc1ccccc1F. The molecule has 0 spiro atoms. The van der Waals surface area contributed by atoms with Crippen molar-refractivity contribution in [3.8, 4) is 0 Å². The highest BCUT2D eigenvalue weighted by molar-refractivity contribution is 6.41. The van der Waals surface area contributed by atoms with E-state index in [1.807, 2.05) is 0 Å². The van der Waals surface area contributed by atoms with Gasteiger partial charge in [-0.05, 0) is 18.2 Å². The first-order valence-corrected chi connectivity index (χ1v) is 9.94. The van der Waals surface area contributed by atoms with Crippen LogP contribution in [-0.4, -0.2) is 30.0 Å². The lowest BCUT2D eigenvalue weighted by Gasteiger charge is -2.19. The molecule has 0 fully saturated rings. The van der Waals surface area contributed by atoms with E-state index in [4.69, 9.17) is 16.3 Å². The van der Waals surface area contributed by atoms with Gasteiger partial charge in [-0.25, -0.2) is 9.18 Å². The zero-order chi connectivity index (χ0) is 22.8. The molecule has 160 valence electrons. The van der Waals surface area contributed by atoms with Crippen LogP contribution in [0, 0.1) is 5.82 Å². The van der Waals surface area contributed by atoms with Gasteiger partial charge in [0, 0.05) is 28.8 Å². The third-order valence-corrected chi connectivity index (χ3v) is 5.41. The number of carbonyl (C=O) groups excluding carboxylic acids is 4. The summed E-state index contributed by atoms with van der Waals surface area (Å²) in [7, 11) is 0. The molecule has 1 aliphatic rings. The number of rotatable bonds is 5. The average molecular weight is 452 g/mol. The quantitative estimate of drug-likeness (QED) is 0.467. The van der Waals surface area contributed by atoms with Gasteiger partial charge in [0.1, 0.15) is 5.82 Å². The molecule has 6 nitrogen and oxygen atoms in total. The molecule has 0 heterocycles. The van der Waals surface area contributed by atoms with E-state index in [-0.39, 0.29) is 50.7 Å². The Balaban J connectivity index is 1.47. The Morgan fingerprint density at radius 3 is 2.25 bits per heavy atom. The van der Waals surface area contributed by atoms with Gasteiger partial charge in [-0.3, -0.25) is 14.4 Å². The third-order valence-electron chi connectivity index (χ3n) is 5.02. The van der Waals surface area contributed by atoms with Crippen molar-refractivity contribution in [2.75, 3.05) is 6.61 Å². The lowest BCUT2D eigenvalue weighted by Crippen LogP contribution is -2.29.